The van der Waals surface area contributed by atoms with Crippen LogP contribution in [0.5, 0.6) is 0 Å². The monoisotopic (exact) mass is 321 g/mol. The average Bonchev–Trinajstić information content (AvgIpc) is 2.43. The molecule has 0 bridgehead atoms. The molecule has 0 amide bonds. The van der Waals surface area contributed by atoms with Gasteiger partial charge in [-0.2, -0.15) is 0 Å². The minimum atomic E-state index is -0.829. The molecule has 7 heteroatoms. The standard InChI is InChI=1S/C14H27NO5S/c1-15(2)8-5-7-14(19)21-9-4-3-6-13(18)20-12(10-16)11-17/h12,16-17H,3-11H2,1-2H3. The quantitative estimate of drug-likeness (QED) is 0.403. The Labute approximate surface area is 130 Å². The van der Waals surface area contributed by atoms with E-state index in [1.54, 1.807) is 0 Å². The number of nitrogens with zero attached hydrogens (tertiary/aromatic N) is 1. The van der Waals surface area contributed by atoms with Crippen LogP contribution in [0.15, 0.2) is 0 Å². The molecule has 0 aromatic rings. The maximum absolute atomic E-state index is 11.5. The molecular weight excluding hydrogens is 294 g/mol. The van der Waals surface area contributed by atoms with Crippen molar-refractivity contribution in [1.82, 2.24) is 4.90 Å². The molecule has 0 aromatic heterocycles. The van der Waals surface area contributed by atoms with E-state index in [2.05, 4.69) is 4.90 Å². The number of carbonyl (C=O) groups excluding carboxylic acids is 2. The van der Waals surface area contributed by atoms with Gasteiger partial charge in [-0.05, 0) is 39.9 Å². The van der Waals surface area contributed by atoms with Crippen molar-refractivity contribution < 1.29 is 24.5 Å². The summed E-state index contributed by atoms with van der Waals surface area (Å²) in [5, 5.41) is 17.7. The molecule has 0 aliphatic carbocycles. The fraction of sp³-hybridized carbons (Fsp3) is 0.857. The molecule has 0 atom stereocenters. The van der Waals surface area contributed by atoms with Gasteiger partial charge in [0.1, 0.15) is 6.10 Å². The van der Waals surface area contributed by atoms with Crippen LogP contribution in [-0.2, 0) is 14.3 Å². The van der Waals surface area contributed by atoms with E-state index >= 15 is 0 Å². The van der Waals surface area contributed by atoms with Crippen LogP contribution in [0.3, 0.4) is 0 Å². The van der Waals surface area contributed by atoms with Crippen LogP contribution in [-0.4, -0.2) is 71.9 Å². The first-order valence-corrected chi connectivity index (χ1v) is 8.19. The van der Waals surface area contributed by atoms with E-state index in [0.717, 1.165) is 19.4 Å². The second-order valence-corrected chi connectivity index (χ2v) is 6.21. The normalized spacial score (nSPS) is 11.1. The molecule has 0 aromatic carbocycles. The van der Waals surface area contributed by atoms with E-state index in [1.165, 1.54) is 11.8 Å². The summed E-state index contributed by atoms with van der Waals surface area (Å²) in [5.41, 5.74) is 0. The summed E-state index contributed by atoms with van der Waals surface area (Å²) >= 11 is 1.31. The van der Waals surface area contributed by atoms with E-state index in [1.807, 2.05) is 14.1 Å². The van der Waals surface area contributed by atoms with Crippen LogP contribution < -0.4 is 0 Å². The van der Waals surface area contributed by atoms with Gasteiger partial charge in [-0.15, -0.1) is 0 Å². The van der Waals surface area contributed by atoms with Crippen molar-refractivity contribution in [1.29, 1.82) is 0 Å². The third-order valence-electron chi connectivity index (χ3n) is 2.73. The maximum Gasteiger partial charge on any atom is 0.306 e. The molecule has 0 aliphatic rings. The summed E-state index contributed by atoms with van der Waals surface area (Å²) in [7, 11) is 3.96. The lowest BCUT2D eigenvalue weighted by molar-refractivity contribution is -0.153. The first-order chi connectivity index (χ1) is 9.99. The van der Waals surface area contributed by atoms with E-state index in [0.29, 0.717) is 18.6 Å². The molecule has 0 spiro atoms. The van der Waals surface area contributed by atoms with Gasteiger partial charge in [-0.25, -0.2) is 0 Å². The number of aliphatic hydroxyl groups excluding tert-OH is 2. The Balaban J connectivity index is 3.50. The molecule has 0 rings (SSSR count). The summed E-state index contributed by atoms with van der Waals surface area (Å²) < 4.78 is 4.83. The van der Waals surface area contributed by atoms with Crippen molar-refractivity contribution in [2.45, 2.75) is 38.2 Å². The van der Waals surface area contributed by atoms with E-state index in [9.17, 15) is 9.59 Å². The Morgan fingerprint density at radius 1 is 1.10 bits per heavy atom. The molecule has 0 radical (unpaired) electrons. The van der Waals surface area contributed by atoms with Crippen LogP contribution in [0.1, 0.15) is 32.1 Å². The predicted molar refractivity (Wildman–Crippen MR) is 83.2 cm³/mol. The number of ether oxygens (including phenoxy) is 1. The third kappa shape index (κ3) is 12.8. The highest BCUT2D eigenvalue weighted by molar-refractivity contribution is 8.13. The first-order valence-electron chi connectivity index (χ1n) is 7.21. The molecule has 0 saturated carbocycles. The fourth-order valence-electron chi connectivity index (χ4n) is 1.55. The Hall–Kier alpha value is -0.630. The van der Waals surface area contributed by atoms with Gasteiger partial charge in [0.25, 0.3) is 0 Å². The van der Waals surface area contributed by atoms with Crippen molar-refractivity contribution in [2.75, 3.05) is 39.6 Å². The van der Waals surface area contributed by atoms with Gasteiger partial charge in [0.15, 0.2) is 5.12 Å². The minimum absolute atomic E-state index is 0.194. The van der Waals surface area contributed by atoms with Crippen molar-refractivity contribution in [2.24, 2.45) is 0 Å². The SMILES string of the molecule is CN(C)CCCC(=O)SCCCCC(=O)OC(CO)CO. The molecule has 0 fully saturated rings. The van der Waals surface area contributed by atoms with Gasteiger partial charge in [0.2, 0.25) is 0 Å². The zero-order chi connectivity index (χ0) is 16.1. The zero-order valence-electron chi connectivity index (χ0n) is 12.9. The highest BCUT2D eigenvalue weighted by atomic mass is 32.2. The number of carbonyl (C=O) groups is 2. The minimum Gasteiger partial charge on any atom is -0.457 e. The van der Waals surface area contributed by atoms with Gasteiger partial charge in [-0.1, -0.05) is 11.8 Å². The number of hydrogen-bond donors (Lipinski definition) is 2. The van der Waals surface area contributed by atoms with Crippen molar-refractivity contribution in [3.8, 4) is 0 Å². The number of thioether (sulfide) groups is 1. The second-order valence-electron chi connectivity index (χ2n) is 5.06. The lowest BCUT2D eigenvalue weighted by Gasteiger charge is -2.12. The summed E-state index contributed by atoms with van der Waals surface area (Å²) in [5.74, 6) is 0.280. The van der Waals surface area contributed by atoms with Gasteiger partial charge in [0.05, 0.1) is 13.2 Å². The number of aliphatic hydroxyl groups is 2. The highest BCUT2D eigenvalue weighted by Crippen LogP contribution is 2.11. The Bertz CT molecular complexity index is 295. The molecule has 21 heavy (non-hydrogen) atoms. The molecule has 0 heterocycles. The smallest absolute Gasteiger partial charge is 0.306 e. The molecule has 2 N–H and O–H groups in total. The van der Waals surface area contributed by atoms with Crippen molar-refractivity contribution in [3.05, 3.63) is 0 Å². The molecule has 124 valence electrons. The summed E-state index contributed by atoms with van der Waals surface area (Å²) in [6.07, 6.45) is 2.27. The number of hydrogen-bond acceptors (Lipinski definition) is 7. The average molecular weight is 321 g/mol. The van der Waals surface area contributed by atoms with Crippen molar-refractivity contribution in [3.63, 3.8) is 0 Å². The van der Waals surface area contributed by atoms with Crippen LogP contribution >= 0.6 is 11.8 Å². The largest absolute Gasteiger partial charge is 0.457 e. The molecule has 0 unspecified atom stereocenters. The molecule has 6 nitrogen and oxygen atoms in total. The predicted octanol–water partition coefficient (Wildman–Crippen LogP) is 0.655. The van der Waals surface area contributed by atoms with Gasteiger partial charge in [0, 0.05) is 18.6 Å². The van der Waals surface area contributed by atoms with Crippen LogP contribution in [0, 0.1) is 0 Å². The van der Waals surface area contributed by atoms with Crippen LogP contribution in [0.2, 0.25) is 0 Å². The lowest BCUT2D eigenvalue weighted by Crippen LogP contribution is -2.25. The number of rotatable bonds is 12. The summed E-state index contributed by atoms with van der Waals surface area (Å²) in [6, 6.07) is 0. The summed E-state index contributed by atoms with van der Waals surface area (Å²) in [4.78, 5) is 24.9. The highest BCUT2D eigenvalue weighted by Gasteiger charge is 2.12. The van der Waals surface area contributed by atoms with Gasteiger partial charge < -0.3 is 19.8 Å². The molecule has 0 aliphatic heterocycles. The molecular formula is C14H27NO5S. The van der Waals surface area contributed by atoms with E-state index in [4.69, 9.17) is 14.9 Å². The van der Waals surface area contributed by atoms with E-state index < -0.39 is 12.1 Å². The van der Waals surface area contributed by atoms with E-state index in [-0.39, 0.29) is 24.7 Å². The van der Waals surface area contributed by atoms with Gasteiger partial charge in [-0.3, -0.25) is 9.59 Å². The lowest BCUT2D eigenvalue weighted by atomic mass is 10.2. The zero-order valence-corrected chi connectivity index (χ0v) is 13.7. The number of unbranched alkanes of at least 4 members (excludes halogenated alkanes) is 1. The van der Waals surface area contributed by atoms with Gasteiger partial charge >= 0.3 is 5.97 Å². The van der Waals surface area contributed by atoms with Crippen LogP contribution in [0.4, 0.5) is 0 Å². The topological polar surface area (TPSA) is 87.1 Å². The maximum atomic E-state index is 11.5. The Morgan fingerprint density at radius 2 is 1.76 bits per heavy atom. The van der Waals surface area contributed by atoms with Crippen LogP contribution in [0.25, 0.3) is 0 Å². The molecule has 0 saturated heterocycles. The fourth-order valence-corrected chi connectivity index (χ4v) is 2.41. The second kappa shape index (κ2) is 13.1. The third-order valence-corrected chi connectivity index (χ3v) is 3.75. The Morgan fingerprint density at radius 3 is 2.33 bits per heavy atom. The first kappa shape index (κ1) is 20.4. The summed E-state index contributed by atoms with van der Waals surface area (Å²) in [6.45, 7) is 0.161. The number of esters is 1. The van der Waals surface area contributed by atoms with Crippen molar-refractivity contribution >= 4 is 22.8 Å². The Kier molecular flexibility index (Phi) is 12.7.